The molecule has 2 N–H and O–H groups in total. The van der Waals surface area contributed by atoms with Crippen LogP contribution in [0.4, 0.5) is 0 Å². The SMILES string of the molecule is CC(CN)c1ccn2ncnc2c1. The number of aromatic nitrogens is 3. The van der Waals surface area contributed by atoms with Gasteiger partial charge in [-0.1, -0.05) is 6.92 Å². The summed E-state index contributed by atoms with van der Waals surface area (Å²) in [6.45, 7) is 2.76. The summed E-state index contributed by atoms with van der Waals surface area (Å²) in [4.78, 5) is 4.11. The van der Waals surface area contributed by atoms with Gasteiger partial charge in [0.1, 0.15) is 6.33 Å². The van der Waals surface area contributed by atoms with Crippen molar-refractivity contribution in [1.29, 1.82) is 0 Å². The van der Waals surface area contributed by atoms with Crippen LogP contribution >= 0.6 is 0 Å². The zero-order valence-corrected chi connectivity index (χ0v) is 7.51. The standard InChI is InChI=1S/C9H12N4/c1-7(5-10)8-2-3-13-9(4-8)11-6-12-13/h2-4,6-7H,5,10H2,1H3. The lowest BCUT2D eigenvalue weighted by atomic mass is 10.0. The molecule has 0 saturated carbocycles. The predicted octanol–water partition coefficient (Wildman–Crippen LogP) is 0.792. The van der Waals surface area contributed by atoms with E-state index in [0.29, 0.717) is 12.5 Å². The van der Waals surface area contributed by atoms with Crippen molar-refractivity contribution < 1.29 is 0 Å². The molecule has 0 aliphatic rings. The molecule has 2 heterocycles. The Hall–Kier alpha value is -1.42. The first kappa shape index (κ1) is 8.19. The van der Waals surface area contributed by atoms with E-state index >= 15 is 0 Å². The van der Waals surface area contributed by atoms with Gasteiger partial charge in [0.15, 0.2) is 5.65 Å². The molecule has 0 aromatic carbocycles. The van der Waals surface area contributed by atoms with Crippen LogP contribution in [0, 0.1) is 0 Å². The number of hydrogen-bond acceptors (Lipinski definition) is 3. The summed E-state index contributed by atoms with van der Waals surface area (Å²) < 4.78 is 1.74. The second kappa shape index (κ2) is 3.14. The van der Waals surface area contributed by atoms with Gasteiger partial charge in [-0.05, 0) is 30.2 Å². The average Bonchev–Trinajstić information content (AvgIpc) is 2.63. The van der Waals surface area contributed by atoms with Gasteiger partial charge in [-0.3, -0.25) is 0 Å². The van der Waals surface area contributed by atoms with Crippen molar-refractivity contribution in [3.05, 3.63) is 30.2 Å². The molecule has 0 bridgehead atoms. The van der Waals surface area contributed by atoms with Crippen LogP contribution in [0.15, 0.2) is 24.7 Å². The van der Waals surface area contributed by atoms with Crippen LogP contribution < -0.4 is 5.73 Å². The minimum atomic E-state index is 0.377. The summed E-state index contributed by atoms with van der Waals surface area (Å²) >= 11 is 0. The number of pyridine rings is 1. The largest absolute Gasteiger partial charge is 0.330 e. The molecule has 1 atom stereocenters. The fourth-order valence-corrected chi connectivity index (χ4v) is 1.27. The lowest BCUT2D eigenvalue weighted by Gasteiger charge is -2.07. The third kappa shape index (κ3) is 1.40. The Labute approximate surface area is 76.4 Å². The fraction of sp³-hybridized carbons (Fsp3) is 0.333. The molecule has 0 radical (unpaired) electrons. The first-order chi connectivity index (χ1) is 6.31. The van der Waals surface area contributed by atoms with Crippen LogP contribution in [0.3, 0.4) is 0 Å². The van der Waals surface area contributed by atoms with Gasteiger partial charge in [0.2, 0.25) is 0 Å². The molecule has 4 heteroatoms. The Morgan fingerprint density at radius 2 is 2.46 bits per heavy atom. The number of nitrogens with two attached hydrogens (primary N) is 1. The van der Waals surface area contributed by atoms with Gasteiger partial charge in [-0.15, -0.1) is 0 Å². The third-order valence-electron chi connectivity index (χ3n) is 2.23. The van der Waals surface area contributed by atoms with E-state index in [1.54, 1.807) is 10.8 Å². The average molecular weight is 176 g/mol. The van der Waals surface area contributed by atoms with Gasteiger partial charge >= 0.3 is 0 Å². The van der Waals surface area contributed by atoms with E-state index < -0.39 is 0 Å². The van der Waals surface area contributed by atoms with Gasteiger partial charge in [0, 0.05) is 6.20 Å². The molecule has 0 aliphatic heterocycles. The van der Waals surface area contributed by atoms with Crippen LogP contribution in [-0.4, -0.2) is 21.1 Å². The van der Waals surface area contributed by atoms with Gasteiger partial charge < -0.3 is 5.73 Å². The number of fused-ring (bicyclic) bond motifs is 1. The van der Waals surface area contributed by atoms with Crippen molar-refractivity contribution in [3.63, 3.8) is 0 Å². The molecule has 4 nitrogen and oxygen atoms in total. The Balaban J connectivity index is 2.48. The van der Waals surface area contributed by atoms with E-state index in [2.05, 4.69) is 17.0 Å². The van der Waals surface area contributed by atoms with Crippen LogP contribution in [0.25, 0.3) is 5.65 Å². The van der Waals surface area contributed by atoms with Gasteiger partial charge in [0.25, 0.3) is 0 Å². The van der Waals surface area contributed by atoms with Gasteiger partial charge in [-0.2, -0.15) is 5.10 Å². The maximum atomic E-state index is 5.58. The number of hydrogen-bond donors (Lipinski definition) is 1. The number of nitrogens with zero attached hydrogens (tertiary/aromatic N) is 3. The first-order valence-electron chi connectivity index (χ1n) is 4.30. The first-order valence-corrected chi connectivity index (χ1v) is 4.30. The highest BCUT2D eigenvalue weighted by Crippen LogP contribution is 2.14. The Kier molecular flexibility index (Phi) is 1.98. The van der Waals surface area contributed by atoms with Crippen molar-refractivity contribution >= 4 is 5.65 Å². The maximum absolute atomic E-state index is 5.58. The van der Waals surface area contributed by atoms with E-state index in [-0.39, 0.29) is 0 Å². The highest BCUT2D eigenvalue weighted by molar-refractivity contribution is 5.40. The van der Waals surface area contributed by atoms with Gasteiger partial charge in [-0.25, -0.2) is 9.50 Å². The van der Waals surface area contributed by atoms with Crippen molar-refractivity contribution in [2.24, 2.45) is 5.73 Å². The molecule has 2 rings (SSSR count). The normalized spacial score (nSPS) is 13.4. The summed E-state index contributed by atoms with van der Waals surface area (Å²) in [6.07, 6.45) is 3.45. The van der Waals surface area contributed by atoms with Crippen LogP contribution in [0.2, 0.25) is 0 Å². The molecule has 13 heavy (non-hydrogen) atoms. The quantitative estimate of drug-likeness (QED) is 0.736. The van der Waals surface area contributed by atoms with Crippen LogP contribution in [0.1, 0.15) is 18.4 Å². The van der Waals surface area contributed by atoms with E-state index in [4.69, 9.17) is 5.73 Å². The lowest BCUT2D eigenvalue weighted by Crippen LogP contribution is -2.09. The minimum Gasteiger partial charge on any atom is -0.330 e. The zero-order valence-electron chi connectivity index (χ0n) is 7.51. The molecule has 68 valence electrons. The van der Waals surface area contributed by atoms with Crippen LogP contribution in [-0.2, 0) is 0 Å². The molecular weight excluding hydrogens is 164 g/mol. The highest BCUT2D eigenvalue weighted by Gasteiger charge is 2.04. The summed E-state index contributed by atoms with van der Waals surface area (Å²) in [5.74, 6) is 0.377. The molecule has 0 spiro atoms. The minimum absolute atomic E-state index is 0.377. The molecule has 2 aromatic heterocycles. The summed E-state index contributed by atoms with van der Waals surface area (Å²) in [6, 6.07) is 4.05. The Bertz CT molecular complexity index is 407. The fourth-order valence-electron chi connectivity index (χ4n) is 1.27. The smallest absolute Gasteiger partial charge is 0.155 e. The summed E-state index contributed by atoms with van der Waals surface area (Å²) in [5.41, 5.74) is 7.66. The van der Waals surface area contributed by atoms with E-state index in [1.807, 2.05) is 18.3 Å². The van der Waals surface area contributed by atoms with Crippen molar-refractivity contribution in [2.75, 3.05) is 6.54 Å². The summed E-state index contributed by atoms with van der Waals surface area (Å²) in [5, 5.41) is 4.02. The van der Waals surface area contributed by atoms with Crippen molar-refractivity contribution in [3.8, 4) is 0 Å². The van der Waals surface area contributed by atoms with Crippen molar-refractivity contribution in [2.45, 2.75) is 12.8 Å². The zero-order chi connectivity index (χ0) is 9.26. The highest BCUT2D eigenvalue weighted by atomic mass is 15.3. The summed E-state index contributed by atoms with van der Waals surface area (Å²) in [7, 11) is 0. The molecule has 0 aliphatic carbocycles. The van der Waals surface area contributed by atoms with E-state index in [0.717, 1.165) is 5.65 Å². The van der Waals surface area contributed by atoms with E-state index in [9.17, 15) is 0 Å². The molecule has 0 fully saturated rings. The second-order valence-corrected chi connectivity index (χ2v) is 3.16. The molecule has 2 aromatic rings. The molecule has 0 saturated heterocycles. The second-order valence-electron chi connectivity index (χ2n) is 3.16. The Morgan fingerprint density at radius 3 is 3.23 bits per heavy atom. The molecule has 1 unspecified atom stereocenters. The maximum Gasteiger partial charge on any atom is 0.155 e. The van der Waals surface area contributed by atoms with Crippen LogP contribution in [0.5, 0.6) is 0 Å². The molecule has 0 amide bonds. The topological polar surface area (TPSA) is 56.2 Å². The molecular formula is C9H12N4. The lowest BCUT2D eigenvalue weighted by molar-refractivity contribution is 0.770. The third-order valence-corrected chi connectivity index (χ3v) is 2.23. The number of rotatable bonds is 2. The van der Waals surface area contributed by atoms with Crippen molar-refractivity contribution in [1.82, 2.24) is 14.6 Å². The monoisotopic (exact) mass is 176 g/mol. The predicted molar refractivity (Wildman–Crippen MR) is 50.5 cm³/mol. The Morgan fingerprint density at radius 1 is 1.62 bits per heavy atom. The van der Waals surface area contributed by atoms with E-state index in [1.165, 1.54) is 5.56 Å². The van der Waals surface area contributed by atoms with Gasteiger partial charge in [0.05, 0.1) is 0 Å².